The van der Waals surface area contributed by atoms with E-state index in [1.54, 1.807) is 0 Å². The van der Waals surface area contributed by atoms with Crippen LogP contribution < -0.4 is 16.5 Å². The molecule has 2 atom stereocenters. The summed E-state index contributed by atoms with van der Waals surface area (Å²) in [6.45, 7) is 2.94. The number of carboxylic acid groups (broad SMARTS) is 2. The molecule has 2 aromatic rings. The van der Waals surface area contributed by atoms with Crippen molar-refractivity contribution >= 4 is 57.9 Å². The smallest absolute Gasteiger partial charge is 0.352 e. The van der Waals surface area contributed by atoms with Crippen LogP contribution in [-0.4, -0.2) is 112 Å². The molecule has 4 heterocycles. The number of hydrogen-bond donors (Lipinski definition) is 6. The zero-order chi connectivity index (χ0) is 31.9. The Balaban J connectivity index is 1.53. The first-order valence-electron chi connectivity index (χ1n) is 12.5. The Hall–Kier alpha value is -4.49. The van der Waals surface area contributed by atoms with Crippen LogP contribution in [0.1, 0.15) is 25.4 Å². The molecule has 230 valence electrons. The molecule has 17 nitrogen and oxygen atoms in total. The normalized spacial score (nSPS) is 19.0. The molecule has 2 aromatic heterocycles. The van der Waals surface area contributed by atoms with E-state index in [1.165, 1.54) is 37.9 Å². The van der Waals surface area contributed by atoms with Crippen molar-refractivity contribution in [2.24, 2.45) is 5.16 Å². The number of carbonyl (C=O) groups excluding carboxylic acids is 2. The third kappa shape index (κ3) is 6.62. The van der Waals surface area contributed by atoms with Crippen LogP contribution in [0.2, 0.25) is 0 Å². The molecule has 0 radical (unpaired) electrons. The SMILES string of the molecule is CC(C)(O/N=C(\C(=O)N[C@@H]1C(=O)N2C(C(=O)O)=C(C[N+](C)(C)Cc3cc(=O)c(O)c[nH]3)CS[C@H]12)c1nsc(N)n1)C(=O)O. The molecule has 2 amide bonds. The number of carbonyl (C=O) groups is 4. The number of anilines is 1. The predicted molar refractivity (Wildman–Crippen MR) is 153 cm³/mol. The maximum atomic E-state index is 13.2. The van der Waals surface area contributed by atoms with Gasteiger partial charge in [0.05, 0.1) is 19.8 Å². The molecule has 7 N–H and O–H groups in total. The number of fused-ring (bicyclic) bond motifs is 1. The van der Waals surface area contributed by atoms with Gasteiger partial charge in [0.2, 0.25) is 22.6 Å². The van der Waals surface area contributed by atoms with Crippen molar-refractivity contribution in [2.45, 2.75) is 37.4 Å². The van der Waals surface area contributed by atoms with Gasteiger partial charge in [-0.05, 0) is 13.8 Å². The van der Waals surface area contributed by atoms with Crippen molar-refractivity contribution in [3.05, 3.63) is 45.3 Å². The van der Waals surface area contributed by atoms with E-state index in [4.69, 9.17) is 10.6 Å². The average molecular weight is 638 g/mol. The molecule has 0 bridgehead atoms. The van der Waals surface area contributed by atoms with Gasteiger partial charge < -0.3 is 40.7 Å². The topological polar surface area (TPSA) is 250 Å². The quantitative estimate of drug-likeness (QED) is 0.0758. The van der Waals surface area contributed by atoms with E-state index in [1.807, 2.05) is 14.1 Å². The molecule has 19 heteroatoms. The molecule has 0 aliphatic carbocycles. The number of likely N-dealkylation sites (N-methyl/N-ethyl adjacent to an activating group) is 1. The summed E-state index contributed by atoms with van der Waals surface area (Å²) in [6, 6.07) is 0.132. The summed E-state index contributed by atoms with van der Waals surface area (Å²) in [6.07, 6.45) is 1.18. The van der Waals surface area contributed by atoms with Crippen LogP contribution >= 0.6 is 23.3 Å². The fraction of sp³-hybridized carbons (Fsp3) is 0.417. The minimum absolute atomic E-state index is 0.00332. The van der Waals surface area contributed by atoms with Gasteiger partial charge in [0.25, 0.3) is 11.8 Å². The molecule has 0 saturated carbocycles. The highest BCUT2D eigenvalue weighted by Crippen LogP contribution is 2.41. The van der Waals surface area contributed by atoms with Crippen LogP contribution in [0.25, 0.3) is 0 Å². The maximum Gasteiger partial charge on any atom is 0.352 e. The highest BCUT2D eigenvalue weighted by atomic mass is 32.2. The van der Waals surface area contributed by atoms with Crippen LogP contribution in [0.4, 0.5) is 5.13 Å². The molecule has 1 saturated heterocycles. The maximum absolute atomic E-state index is 13.2. The zero-order valence-corrected chi connectivity index (χ0v) is 25.0. The second-order valence-corrected chi connectivity index (χ2v) is 12.8. The first kappa shape index (κ1) is 31.4. The summed E-state index contributed by atoms with van der Waals surface area (Å²) >= 11 is 2.01. The lowest BCUT2D eigenvalue weighted by Gasteiger charge is -2.49. The van der Waals surface area contributed by atoms with Gasteiger partial charge in [-0.3, -0.25) is 19.3 Å². The van der Waals surface area contributed by atoms with Crippen LogP contribution in [0.15, 0.2) is 33.5 Å². The summed E-state index contributed by atoms with van der Waals surface area (Å²) in [5.41, 5.74) is 3.56. The number of pyridine rings is 1. The fourth-order valence-electron chi connectivity index (χ4n) is 4.36. The van der Waals surface area contributed by atoms with E-state index in [0.29, 0.717) is 17.8 Å². The van der Waals surface area contributed by atoms with Gasteiger partial charge in [0, 0.05) is 35.1 Å². The Kier molecular flexibility index (Phi) is 8.52. The zero-order valence-electron chi connectivity index (χ0n) is 23.4. The van der Waals surface area contributed by atoms with Crippen LogP contribution in [0.3, 0.4) is 0 Å². The highest BCUT2D eigenvalue weighted by Gasteiger charge is 2.55. The van der Waals surface area contributed by atoms with Crippen molar-refractivity contribution < 1.29 is 43.8 Å². The standard InChI is InChI=1S/C24H28N8O9S2/c1-24(2,22(39)40)41-29-14(17-28-23(25)43-30-17)18(35)27-15-19(36)31-16(21(37)38)10(9-42-20(15)31)7-32(3,4)8-11-5-12(33)13(34)6-26-11/h5-6,15,20H,7-9H2,1-4H3,(H6-,25,26,27,28,29,30,33,34,35,37,38,39,40)/p+1/t15-,20-/m1/s1. The number of rotatable bonds is 11. The van der Waals surface area contributed by atoms with Crippen LogP contribution in [-0.2, 0) is 30.6 Å². The number of oxime groups is 1. The number of hydrogen-bond acceptors (Lipinski definition) is 13. The third-order valence-electron chi connectivity index (χ3n) is 6.45. The molecule has 2 aliphatic heterocycles. The second kappa shape index (κ2) is 11.7. The fourth-order valence-corrected chi connectivity index (χ4v) is 6.13. The van der Waals surface area contributed by atoms with Crippen LogP contribution in [0, 0.1) is 0 Å². The van der Waals surface area contributed by atoms with E-state index in [2.05, 4.69) is 24.8 Å². The van der Waals surface area contributed by atoms with E-state index in [0.717, 1.165) is 16.4 Å². The minimum atomic E-state index is -1.81. The second-order valence-electron chi connectivity index (χ2n) is 10.9. The number of carboxylic acids is 2. The van der Waals surface area contributed by atoms with Gasteiger partial charge in [-0.15, -0.1) is 11.8 Å². The van der Waals surface area contributed by atoms with E-state index < -0.39 is 57.7 Å². The van der Waals surface area contributed by atoms with Crippen molar-refractivity contribution in [1.82, 2.24) is 24.6 Å². The Morgan fingerprint density at radius 1 is 1.28 bits per heavy atom. The number of thioether (sulfide) groups is 1. The number of aliphatic carboxylic acids is 2. The molecule has 43 heavy (non-hydrogen) atoms. The number of nitrogens with two attached hydrogens (primary N) is 1. The van der Waals surface area contributed by atoms with E-state index >= 15 is 0 Å². The molecule has 2 aliphatic rings. The number of β-lactam (4-membered cyclic amide) rings is 1. The molecule has 0 aromatic carbocycles. The van der Waals surface area contributed by atoms with Crippen LogP contribution in [0.5, 0.6) is 5.75 Å². The van der Waals surface area contributed by atoms with Gasteiger partial charge in [0.1, 0.15) is 30.2 Å². The number of quaternary nitrogens is 1. The monoisotopic (exact) mass is 637 g/mol. The molecule has 4 rings (SSSR count). The van der Waals surface area contributed by atoms with Gasteiger partial charge in [-0.25, -0.2) is 9.59 Å². The van der Waals surface area contributed by atoms with E-state index in [9.17, 15) is 39.3 Å². The summed E-state index contributed by atoms with van der Waals surface area (Å²) in [4.78, 5) is 74.9. The first-order chi connectivity index (χ1) is 20.0. The summed E-state index contributed by atoms with van der Waals surface area (Å²) in [5.74, 6) is -4.73. The highest BCUT2D eigenvalue weighted by molar-refractivity contribution is 8.00. The van der Waals surface area contributed by atoms with Crippen molar-refractivity contribution in [1.29, 1.82) is 0 Å². The number of nitrogen functional groups attached to an aromatic ring is 1. The number of amides is 2. The van der Waals surface area contributed by atoms with Crippen molar-refractivity contribution in [3.8, 4) is 5.75 Å². The lowest BCUT2D eigenvalue weighted by molar-refractivity contribution is -0.899. The van der Waals surface area contributed by atoms with Crippen molar-refractivity contribution in [3.63, 3.8) is 0 Å². The Bertz CT molecular complexity index is 1610. The average Bonchev–Trinajstić information content (AvgIpc) is 3.34. The molecule has 0 spiro atoms. The molecule has 1 fully saturated rings. The number of aromatic hydroxyl groups is 1. The summed E-state index contributed by atoms with van der Waals surface area (Å²) < 4.78 is 4.14. The van der Waals surface area contributed by atoms with Crippen molar-refractivity contribution in [2.75, 3.05) is 32.1 Å². The summed E-state index contributed by atoms with van der Waals surface area (Å²) in [7, 11) is 3.65. The number of nitrogens with one attached hydrogen (secondary N) is 2. The minimum Gasteiger partial charge on any atom is -0.503 e. The van der Waals surface area contributed by atoms with Gasteiger partial charge in [-0.2, -0.15) is 9.36 Å². The lowest BCUT2D eigenvalue weighted by Crippen LogP contribution is -2.71. The van der Waals surface area contributed by atoms with E-state index in [-0.39, 0.29) is 33.4 Å². The Labute approximate surface area is 251 Å². The largest absolute Gasteiger partial charge is 0.503 e. The van der Waals surface area contributed by atoms with Gasteiger partial charge in [0.15, 0.2) is 10.9 Å². The number of aromatic nitrogens is 3. The van der Waals surface area contributed by atoms with Gasteiger partial charge in [-0.1, -0.05) is 5.16 Å². The predicted octanol–water partition coefficient (Wildman–Crippen LogP) is -0.887. The molecular formula is C24H29N8O9S2+. The number of aromatic amines is 1. The lowest BCUT2D eigenvalue weighted by atomic mass is 10.0. The summed E-state index contributed by atoms with van der Waals surface area (Å²) in [5, 5.41) is 34.3. The Morgan fingerprint density at radius 3 is 2.56 bits per heavy atom. The third-order valence-corrected chi connectivity index (χ3v) is 8.34. The molecule has 0 unspecified atom stereocenters. The number of nitrogens with zero attached hydrogens (tertiary/aromatic N) is 5. The Morgan fingerprint density at radius 2 is 1.98 bits per heavy atom. The number of H-pyrrole nitrogens is 1. The van der Waals surface area contributed by atoms with Gasteiger partial charge >= 0.3 is 11.9 Å². The molecular weight excluding hydrogens is 608 g/mol. The first-order valence-corrected chi connectivity index (χ1v) is 14.4.